The fourth-order valence-corrected chi connectivity index (χ4v) is 1.19. The molecule has 0 amide bonds. The van der Waals surface area contributed by atoms with Crippen molar-refractivity contribution in [3.63, 3.8) is 0 Å². The molecule has 2 aromatic heterocycles. The molecule has 0 bridgehead atoms. The number of hydrogen-bond acceptors (Lipinski definition) is 6. The Morgan fingerprint density at radius 2 is 1.94 bits per heavy atom. The average molecular weight is 230 g/mol. The minimum Gasteiger partial charge on any atom is -0.462 e. The molecule has 0 N–H and O–H groups in total. The summed E-state index contributed by atoms with van der Waals surface area (Å²) in [5, 5.41) is 0. The Bertz CT molecular complexity index is 499. The van der Waals surface area contributed by atoms with Crippen LogP contribution in [0.2, 0.25) is 0 Å². The number of aromatic nitrogens is 4. The van der Waals surface area contributed by atoms with Crippen molar-refractivity contribution in [3.05, 3.63) is 36.5 Å². The Balaban J connectivity index is 2.22. The summed E-state index contributed by atoms with van der Waals surface area (Å²) < 4.78 is 4.83. The molecule has 17 heavy (non-hydrogen) atoms. The van der Waals surface area contributed by atoms with Gasteiger partial charge in [-0.15, -0.1) is 0 Å². The summed E-state index contributed by atoms with van der Waals surface area (Å²) in [7, 11) is 0. The molecule has 0 atom stereocenters. The highest BCUT2D eigenvalue weighted by Gasteiger charge is 2.08. The van der Waals surface area contributed by atoms with E-state index in [9.17, 15) is 4.79 Å². The van der Waals surface area contributed by atoms with Gasteiger partial charge in [0.25, 0.3) is 0 Å². The number of esters is 1. The van der Waals surface area contributed by atoms with Crippen LogP contribution in [0.4, 0.5) is 0 Å². The fraction of sp³-hybridized carbons (Fsp3) is 0.182. The SMILES string of the molecule is CCOC(=O)c1cnc(-c2cnccn2)nc1. The van der Waals surface area contributed by atoms with Crippen molar-refractivity contribution in [2.45, 2.75) is 6.92 Å². The lowest BCUT2D eigenvalue weighted by Gasteiger charge is -2.01. The summed E-state index contributed by atoms with van der Waals surface area (Å²) in [5.74, 6) is -0.00987. The summed E-state index contributed by atoms with van der Waals surface area (Å²) in [5.41, 5.74) is 0.877. The summed E-state index contributed by atoms with van der Waals surface area (Å²) in [6.45, 7) is 2.07. The van der Waals surface area contributed by atoms with Crippen LogP contribution >= 0.6 is 0 Å². The van der Waals surface area contributed by atoms with Crippen molar-refractivity contribution in [2.24, 2.45) is 0 Å². The number of nitrogens with zero attached hydrogens (tertiary/aromatic N) is 4. The van der Waals surface area contributed by atoms with Crippen molar-refractivity contribution in [1.29, 1.82) is 0 Å². The molecule has 86 valence electrons. The van der Waals surface area contributed by atoms with Gasteiger partial charge in [-0.1, -0.05) is 0 Å². The van der Waals surface area contributed by atoms with E-state index in [1.54, 1.807) is 25.5 Å². The molecule has 0 spiro atoms. The fourth-order valence-electron chi connectivity index (χ4n) is 1.19. The largest absolute Gasteiger partial charge is 0.462 e. The smallest absolute Gasteiger partial charge is 0.341 e. The van der Waals surface area contributed by atoms with E-state index in [4.69, 9.17) is 4.74 Å². The van der Waals surface area contributed by atoms with E-state index in [1.807, 2.05) is 0 Å². The van der Waals surface area contributed by atoms with Gasteiger partial charge in [-0.25, -0.2) is 19.7 Å². The average Bonchev–Trinajstić information content (AvgIpc) is 2.40. The van der Waals surface area contributed by atoms with Gasteiger partial charge in [0.2, 0.25) is 0 Å². The molecule has 0 aliphatic rings. The van der Waals surface area contributed by atoms with Crippen LogP contribution in [0.5, 0.6) is 0 Å². The first kappa shape index (κ1) is 11.1. The first-order chi connectivity index (χ1) is 8.31. The summed E-state index contributed by atoms with van der Waals surface area (Å²) in [4.78, 5) is 27.4. The lowest BCUT2D eigenvalue weighted by molar-refractivity contribution is 0.0525. The number of rotatable bonds is 3. The van der Waals surface area contributed by atoms with Crippen LogP contribution < -0.4 is 0 Å². The lowest BCUT2D eigenvalue weighted by Crippen LogP contribution is -2.06. The van der Waals surface area contributed by atoms with Gasteiger partial charge in [-0.2, -0.15) is 0 Å². The summed E-state index contributed by atoms with van der Waals surface area (Å²) in [6, 6.07) is 0. The molecule has 0 fully saturated rings. The Morgan fingerprint density at radius 1 is 1.18 bits per heavy atom. The second-order valence-corrected chi connectivity index (χ2v) is 3.11. The molecule has 0 radical (unpaired) electrons. The minimum absolute atomic E-state index is 0.319. The van der Waals surface area contributed by atoms with E-state index in [1.165, 1.54) is 12.4 Å². The zero-order valence-corrected chi connectivity index (χ0v) is 9.20. The number of ether oxygens (including phenoxy) is 1. The number of hydrogen-bond donors (Lipinski definition) is 0. The highest BCUT2D eigenvalue weighted by molar-refractivity contribution is 5.88. The predicted octanol–water partition coefficient (Wildman–Crippen LogP) is 1.11. The monoisotopic (exact) mass is 230 g/mol. The topological polar surface area (TPSA) is 77.9 Å². The Hall–Kier alpha value is -2.37. The molecule has 2 heterocycles. The van der Waals surface area contributed by atoms with E-state index in [0.29, 0.717) is 23.7 Å². The molecule has 6 heteroatoms. The van der Waals surface area contributed by atoms with E-state index >= 15 is 0 Å². The van der Waals surface area contributed by atoms with Gasteiger partial charge >= 0.3 is 5.97 Å². The molecule has 0 saturated carbocycles. The van der Waals surface area contributed by atoms with Crippen LogP contribution in [0.1, 0.15) is 17.3 Å². The molecule has 6 nitrogen and oxygen atoms in total. The standard InChI is InChI=1S/C11H10N4O2/c1-2-17-11(16)8-5-14-10(15-6-8)9-7-12-3-4-13-9/h3-7H,2H2,1H3. The van der Waals surface area contributed by atoms with Crippen molar-refractivity contribution < 1.29 is 9.53 Å². The zero-order chi connectivity index (χ0) is 12.1. The highest BCUT2D eigenvalue weighted by atomic mass is 16.5. The summed E-state index contributed by atoms with van der Waals surface area (Å²) in [6.07, 6.45) is 7.50. The van der Waals surface area contributed by atoms with Crippen molar-refractivity contribution in [2.75, 3.05) is 6.61 Å². The maximum absolute atomic E-state index is 11.4. The van der Waals surface area contributed by atoms with Gasteiger partial charge in [0.15, 0.2) is 5.82 Å². The Kier molecular flexibility index (Phi) is 3.34. The first-order valence-corrected chi connectivity index (χ1v) is 5.07. The van der Waals surface area contributed by atoms with Gasteiger partial charge in [0, 0.05) is 24.8 Å². The zero-order valence-electron chi connectivity index (χ0n) is 9.20. The van der Waals surface area contributed by atoms with Crippen LogP contribution in [-0.4, -0.2) is 32.5 Å². The van der Waals surface area contributed by atoms with Crippen molar-refractivity contribution in [3.8, 4) is 11.5 Å². The van der Waals surface area contributed by atoms with E-state index in [2.05, 4.69) is 19.9 Å². The third-order valence-electron chi connectivity index (χ3n) is 1.96. The molecule has 0 aromatic carbocycles. The van der Waals surface area contributed by atoms with Crippen LogP contribution in [-0.2, 0) is 4.74 Å². The molecule has 0 aliphatic carbocycles. The molecular weight excluding hydrogens is 220 g/mol. The molecule has 0 unspecified atom stereocenters. The second kappa shape index (κ2) is 5.11. The number of carbonyl (C=O) groups excluding carboxylic acids is 1. The maximum Gasteiger partial charge on any atom is 0.341 e. The second-order valence-electron chi connectivity index (χ2n) is 3.11. The van der Waals surface area contributed by atoms with Gasteiger partial charge in [-0.3, -0.25) is 4.98 Å². The van der Waals surface area contributed by atoms with E-state index in [-0.39, 0.29) is 0 Å². The van der Waals surface area contributed by atoms with Gasteiger partial charge in [-0.05, 0) is 6.92 Å². The third-order valence-corrected chi connectivity index (χ3v) is 1.96. The van der Waals surface area contributed by atoms with Gasteiger partial charge in [0.1, 0.15) is 5.69 Å². The van der Waals surface area contributed by atoms with Gasteiger partial charge in [0.05, 0.1) is 18.4 Å². The first-order valence-electron chi connectivity index (χ1n) is 5.07. The van der Waals surface area contributed by atoms with Gasteiger partial charge < -0.3 is 4.74 Å². The Morgan fingerprint density at radius 3 is 2.53 bits per heavy atom. The molecule has 0 aliphatic heterocycles. The lowest BCUT2D eigenvalue weighted by atomic mass is 10.3. The highest BCUT2D eigenvalue weighted by Crippen LogP contribution is 2.09. The maximum atomic E-state index is 11.4. The Labute approximate surface area is 97.7 Å². The molecular formula is C11H10N4O2. The minimum atomic E-state index is -0.432. The van der Waals surface area contributed by atoms with E-state index in [0.717, 1.165) is 0 Å². The van der Waals surface area contributed by atoms with Crippen molar-refractivity contribution >= 4 is 5.97 Å². The van der Waals surface area contributed by atoms with Crippen LogP contribution in [0, 0.1) is 0 Å². The quantitative estimate of drug-likeness (QED) is 0.735. The van der Waals surface area contributed by atoms with Crippen LogP contribution in [0.3, 0.4) is 0 Å². The van der Waals surface area contributed by atoms with Crippen LogP contribution in [0.25, 0.3) is 11.5 Å². The summed E-state index contributed by atoms with van der Waals surface area (Å²) >= 11 is 0. The van der Waals surface area contributed by atoms with E-state index < -0.39 is 5.97 Å². The van der Waals surface area contributed by atoms with Crippen LogP contribution in [0.15, 0.2) is 31.0 Å². The third kappa shape index (κ3) is 2.60. The molecule has 2 rings (SSSR count). The normalized spacial score (nSPS) is 9.94. The predicted molar refractivity (Wildman–Crippen MR) is 59.0 cm³/mol. The molecule has 2 aromatic rings. The van der Waals surface area contributed by atoms with Crippen molar-refractivity contribution in [1.82, 2.24) is 19.9 Å². The number of carbonyl (C=O) groups is 1. The molecule has 0 saturated heterocycles.